The van der Waals surface area contributed by atoms with Gasteiger partial charge in [-0.3, -0.25) is 9.59 Å². The zero-order chi connectivity index (χ0) is 51.0. The summed E-state index contributed by atoms with van der Waals surface area (Å²) < 4.78 is 33.5. The van der Waals surface area contributed by atoms with Crippen LogP contribution < -0.4 is 0 Å². The minimum atomic E-state index is -1.79. The summed E-state index contributed by atoms with van der Waals surface area (Å²) in [5, 5.41) is 72.1. The lowest BCUT2D eigenvalue weighted by Gasteiger charge is -2.42. The van der Waals surface area contributed by atoms with Gasteiger partial charge in [-0.25, -0.2) is 0 Å². The fraction of sp³-hybridized carbons (Fsp3) is 0.673. The number of carbonyl (C=O) groups excluding carboxylic acids is 2. The molecule has 0 aromatic heterocycles. The molecule has 2 heterocycles. The van der Waals surface area contributed by atoms with E-state index in [-0.39, 0.29) is 19.4 Å². The second-order valence-corrected chi connectivity index (χ2v) is 17.6. The quantitative estimate of drug-likeness (QED) is 0.0139. The summed E-state index contributed by atoms with van der Waals surface area (Å²) >= 11 is 0. The van der Waals surface area contributed by atoms with E-state index in [4.69, 9.17) is 28.4 Å². The number of hydrogen-bond donors (Lipinski definition) is 7. The Morgan fingerprint density at radius 2 is 0.971 bits per heavy atom. The first-order chi connectivity index (χ1) is 34.0. The van der Waals surface area contributed by atoms with Crippen LogP contribution in [0.15, 0.2) is 97.2 Å². The van der Waals surface area contributed by atoms with Gasteiger partial charge in [0.25, 0.3) is 0 Å². The van der Waals surface area contributed by atoms with Crippen molar-refractivity contribution in [3.05, 3.63) is 97.2 Å². The number of allylic oxidation sites excluding steroid dienone is 16. The van der Waals surface area contributed by atoms with E-state index in [0.717, 1.165) is 70.6 Å². The lowest BCUT2D eigenvalue weighted by molar-refractivity contribution is -0.332. The average molecular weight is 989 g/mol. The molecule has 2 aliphatic heterocycles. The molecule has 2 fully saturated rings. The van der Waals surface area contributed by atoms with Gasteiger partial charge in [0.1, 0.15) is 55.4 Å². The van der Waals surface area contributed by atoms with E-state index in [0.29, 0.717) is 19.3 Å². The summed E-state index contributed by atoms with van der Waals surface area (Å²) in [6.45, 7) is 2.33. The first-order valence-electron chi connectivity index (χ1n) is 25.8. The Hall–Kier alpha value is -3.58. The second-order valence-electron chi connectivity index (χ2n) is 17.6. The maximum absolute atomic E-state index is 13.0. The Morgan fingerprint density at radius 1 is 0.486 bits per heavy atom. The van der Waals surface area contributed by atoms with Crippen LogP contribution in [-0.4, -0.2) is 142 Å². The predicted octanol–water partition coefficient (Wildman–Crippen LogP) is 7.37. The van der Waals surface area contributed by atoms with Gasteiger partial charge in [-0.05, 0) is 77.0 Å². The van der Waals surface area contributed by atoms with E-state index in [9.17, 15) is 45.3 Å². The number of ether oxygens (including phenoxy) is 6. The largest absolute Gasteiger partial charge is 0.462 e. The van der Waals surface area contributed by atoms with Gasteiger partial charge >= 0.3 is 11.9 Å². The van der Waals surface area contributed by atoms with E-state index >= 15 is 0 Å². The standard InChI is InChI=1S/C55H88O15/c1-3-5-7-9-11-13-15-17-19-20-21-22-24-26-28-30-32-34-36-38-47(58)68-43(40-65-46(57)37-35-33-31-29-27-25-23-18-16-14-12-10-8-6-4-2)41-66-54-53(64)51(62)49(60)45(70-54)42-67-55-52(63)50(61)48(59)44(39-56)69-55/h5,7,11,13-14,16-19,21-23,26,28,32,34,43-45,48-56,59-64H,3-4,6,8-10,12,15,20,24-25,27,29-31,33,35-42H2,1-2H3/b7-5+,13-11+,16-14+,19-17+,22-21+,23-18+,28-26+,34-32+/t43-,44+,45+,48-,49-,50?,51?,52?,53?,54+,55+/m1/s1. The summed E-state index contributed by atoms with van der Waals surface area (Å²) in [6.07, 6.45) is 34.4. The highest BCUT2D eigenvalue weighted by molar-refractivity contribution is 5.70. The molecule has 398 valence electrons. The van der Waals surface area contributed by atoms with Crippen molar-refractivity contribution in [2.75, 3.05) is 26.4 Å². The van der Waals surface area contributed by atoms with Crippen molar-refractivity contribution in [1.82, 2.24) is 0 Å². The molecular formula is C55H88O15. The number of hydrogen-bond acceptors (Lipinski definition) is 15. The highest BCUT2D eigenvalue weighted by Crippen LogP contribution is 2.26. The average Bonchev–Trinajstić information content (AvgIpc) is 3.35. The van der Waals surface area contributed by atoms with Crippen LogP contribution in [0.25, 0.3) is 0 Å². The zero-order valence-electron chi connectivity index (χ0n) is 42.0. The van der Waals surface area contributed by atoms with Crippen molar-refractivity contribution in [2.45, 2.75) is 210 Å². The monoisotopic (exact) mass is 989 g/mol. The third-order valence-electron chi connectivity index (χ3n) is 11.6. The number of rotatable bonds is 38. The third kappa shape index (κ3) is 28.5. The Balaban J connectivity index is 1.86. The van der Waals surface area contributed by atoms with Crippen LogP contribution in [-0.2, 0) is 38.0 Å². The van der Waals surface area contributed by atoms with Crippen LogP contribution in [0.2, 0.25) is 0 Å². The Morgan fingerprint density at radius 3 is 1.53 bits per heavy atom. The fourth-order valence-corrected chi connectivity index (χ4v) is 7.35. The molecule has 4 unspecified atom stereocenters. The molecule has 0 aromatic rings. The molecule has 15 heteroatoms. The first-order valence-corrected chi connectivity index (χ1v) is 25.8. The molecule has 0 saturated carbocycles. The van der Waals surface area contributed by atoms with Gasteiger partial charge < -0.3 is 64.2 Å². The Kier molecular flexibility index (Phi) is 36.6. The van der Waals surface area contributed by atoms with Crippen molar-refractivity contribution in [3.63, 3.8) is 0 Å². The molecule has 0 aromatic carbocycles. The van der Waals surface area contributed by atoms with Crippen LogP contribution in [0.4, 0.5) is 0 Å². The summed E-state index contributed by atoms with van der Waals surface area (Å²) in [5.41, 5.74) is 0. The van der Waals surface area contributed by atoms with Crippen molar-refractivity contribution >= 4 is 11.9 Å². The molecule has 11 atom stereocenters. The number of aliphatic hydroxyl groups excluding tert-OH is 7. The number of unbranched alkanes of at least 4 members (excludes halogenated alkanes) is 9. The van der Waals surface area contributed by atoms with Gasteiger partial charge in [-0.15, -0.1) is 0 Å². The van der Waals surface area contributed by atoms with Crippen LogP contribution in [0, 0.1) is 0 Å². The normalized spacial score (nSPS) is 26.2. The molecular weight excluding hydrogens is 901 g/mol. The lowest BCUT2D eigenvalue weighted by atomic mass is 9.98. The van der Waals surface area contributed by atoms with Crippen molar-refractivity contribution in [3.8, 4) is 0 Å². The molecule has 2 aliphatic rings. The summed E-state index contributed by atoms with van der Waals surface area (Å²) in [7, 11) is 0. The lowest BCUT2D eigenvalue weighted by Crippen LogP contribution is -2.61. The first kappa shape index (κ1) is 62.5. The van der Waals surface area contributed by atoms with E-state index in [1.807, 2.05) is 18.2 Å². The highest BCUT2D eigenvalue weighted by atomic mass is 16.7. The predicted molar refractivity (Wildman–Crippen MR) is 270 cm³/mol. The molecule has 0 aliphatic carbocycles. The topological polar surface area (TPSA) is 231 Å². The van der Waals surface area contributed by atoms with Gasteiger partial charge in [0.2, 0.25) is 0 Å². The summed E-state index contributed by atoms with van der Waals surface area (Å²) in [4.78, 5) is 25.7. The van der Waals surface area contributed by atoms with Gasteiger partial charge in [0.05, 0.1) is 19.8 Å². The third-order valence-corrected chi connectivity index (χ3v) is 11.6. The molecule has 2 saturated heterocycles. The van der Waals surface area contributed by atoms with Crippen molar-refractivity contribution in [1.29, 1.82) is 0 Å². The maximum Gasteiger partial charge on any atom is 0.306 e. The highest BCUT2D eigenvalue weighted by Gasteiger charge is 2.47. The van der Waals surface area contributed by atoms with E-state index < -0.39 is 99.3 Å². The van der Waals surface area contributed by atoms with Gasteiger partial charge in [0, 0.05) is 12.8 Å². The fourth-order valence-electron chi connectivity index (χ4n) is 7.35. The minimum absolute atomic E-state index is 0.0308. The van der Waals surface area contributed by atoms with Crippen LogP contribution in [0.3, 0.4) is 0 Å². The molecule has 0 spiro atoms. The maximum atomic E-state index is 13.0. The van der Waals surface area contributed by atoms with E-state index in [2.05, 4.69) is 92.8 Å². The number of aliphatic hydroxyl groups is 7. The van der Waals surface area contributed by atoms with Crippen LogP contribution in [0.5, 0.6) is 0 Å². The molecule has 7 N–H and O–H groups in total. The molecule has 0 bridgehead atoms. The Labute approximate surface area is 417 Å². The van der Waals surface area contributed by atoms with Crippen molar-refractivity contribution < 1.29 is 73.8 Å². The Bertz CT molecular complexity index is 1580. The number of esters is 2. The molecule has 70 heavy (non-hydrogen) atoms. The van der Waals surface area contributed by atoms with Gasteiger partial charge in [-0.2, -0.15) is 0 Å². The van der Waals surface area contributed by atoms with Crippen LogP contribution >= 0.6 is 0 Å². The zero-order valence-corrected chi connectivity index (χ0v) is 42.0. The van der Waals surface area contributed by atoms with E-state index in [1.165, 1.54) is 25.7 Å². The SMILES string of the molecule is CC/C=C/C/C=C/C/C=C/C/C=C/C/C=C/C/C=C/CCC(=O)O[C@H](COC(=O)CCCCCCC/C=C/C=C/CCCCCC)CO[C@H]1O[C@@H](CO[C@H]2O[C@@H](CO)[C@@H](O)C(O)C2O)[C@@H](O)C(O)C1O. The van der Waals surface area contributed by atoms with Gasteiger partial charge in [0.15, 0.2) is 18.7 Å². The van der Waals surface area contributed by atoms with Crippen LogP contribution in [0.1, 0.15) is 142 Å². The summed E-state index contributed by atoms with van der Waals surface area (Å²) in [5.74, 6) is -1.05. The van der Waals surface area contributed by atoms with E-state index in [1.54, 1.807) is 0 Å². The van der Waals surface area contributed by atoms with Gasteiger partial charge in [-0.1, -0.05) is 150 Å². The molecule has 0 amide bonds. The summed E-state index contributed by atoms with van der Waals surface area (Å²) in [6, 6.07) is 0. The molecule has 0 radical (unpaired) electrons. The smallest absolute Gasteiger partial charge is 0.306 e. The second kappa shape index (κ2) is 41.0. The number of carbonyl (C=O) groups is 2. The molecule has 15 nitrogen and oxygen atoms in total. The minimum Gasteiger partial charge on any atom is -0.462 e. The van der Waals surface area contributed by atoms with Crippen molar-refractivity contribution in [2.24, 2.45) is 0 Å². The molecule has 2 rings (SSSR count).